The fourth-order valence-electron chi connectivity index (χ4n) is 3.92. The van der Waals surface area contributed by atoms with Gasteiger partial charge < -0.3 is 9.47 Å². The van der Waals surface area contributed by atoms with Gasteiger partial charge in [0.25, 0.3) is 5.91 Å². The first-order chi connectivity index (χ1) is 16.1. The third-order valence-electron chi connectivity index (χ3n) is 5.41. The Labute approximate surface area is 191 Å². The van der Waals surface area contributed by atoms with Crippen molar-refractivity contribution in [2.75, 3.05) is 24.7 Å². The molecule has 0 spiro atoms. The van der Waals surface area contributed by atoms with Crippen LogP contribution in [-0.4, -0.2) is 47.4 Å². The van der Waals surface area contributed by atoms with Gasteiger partial charge in [-0.15, -0.1) is 0 Å². The Kier molecular flexibility index (Phi) is 6.83. The van der Waals surface area contributed by atoms with Gasteiger partial charge in [-0.1, -0.05) is 36.4 Å². The second-order valence-electron chi connectivity index (χ2n) is 7.57. The summed E-state index contributed by atoms with van der Waals surface area (Å²) in [5.74, 6) is -1.72. The topological polar surface area (TPSA) is 90.7 Å². The molecule has 2 aromatic carbocycles. The minimum Gasteiger partial charge on any atom is -0.465 e. The molecule has 1 heterocycles. The highest BCUT2D eigenvalue weighted by molar-refractivity contribution is 6.00. The van der Waals surface area contributed by atoms with Crippen molar-refractivity contribution >= 4 is 23.5 Å². The van der Waals surface area contributed by atoms with E-state index in [1.165, 1.54) is 4.90 Å². The predicted molar refractivity (Wildman–Crippen MR) is 121 cm³/mol. The molecule has 0 unspecified atom stereocenters. The highest BCUT2D eigenvalue weighted by Gasteiger charge is 2.29. The quantitative estimate of drug-likeness (QED) is 0.493. The molecule has 8 nitrogen and oxygen atoms in total. The van der Waals surface area contributed by atoms with Gasteiger partial charge in [0.15, 0.2) is 12.3 Å². The number of para-hydroxylation sites is 2. The van der Waals surface area contributed by atoms with Gasteiger partial charge in [0.1, 0.15) is 6.54 Å². The summed E-state index contributed by atoms with van der Waals surface area (Å²) < 4.78 is 12.1. The highest BCUT2D eigenvalue weighted by atomic mass is 16.5. The number of fused-ring (bicyclic) bond motifs is 1. The van der Waals surface area contributed by atoms with Crippen molar-refractivity contribution < 1.29 is 23.9 Å². The SMILES string of the molecule is CCOC(=O)CN(C(=O)COC(=O)c1nn(-c2ccccc2)c2c1CCC2)c1ccccc1. The van der Waals surface area contributed by atoms with E-state index in [0.29, 0.717) is 5.69 Å². The van der Waals surface area contributed by atoms with Gasteiger partial charge in [-0.25, -0.2) is 9.48 Å². The number of carbonyl (C=O) groups excluding carboxylic acids is 3. The lowest BCUT2D eigenvalue weighted by atomic mass is 10.2. The van der Waals surface area contributed by atoms with Crippen molar-refractivity contribution in [3.8, 4) is 5.69 Å². The van der Waals surface area contributed by atoms with Crippen molar-refractivity contribution in [3.63, 3.8) is 0 Å². The molecule has 3 aromatic rings. The van der Waals surface area contributed by atoms with Gasteiger partial charge in [-0.2, -0.15) is 5.10 Å². The molecular formula is C25H25N3O5. The lowest BCUT2D eigenvalue weighted by molar-refractivity contribution is -0.142. The van der Waals surface area contributed by atoms with Crippen LogP contribution in [0.1, 0.15) is 35.1 Å². The molecule has 33 heavy (non-hydrogen) atoms. The number of carbonyl (C=O) groups is 3. The minimum atomic E-state index is -0.652. The van der Waals surface area contributed by atoms with Crippen LogP contribution >= 0.6 is 0 Å². The Bertz CT molecular complexity index is 1140. The smallest absolute Gasteiger partial charge is 0.359 e. The van der Waals surface area contributed by atoms with Crippen LogP contribution in [0.15, 0.2) is 60.7 Å². The molecule has 0 saturated heterocycles. The van der Waals surface area contributed by atoms with Crippen LogP contribution in [0.5, 0.6) is 0 Å². The molecule has 170 valence electrons. The number of amides is 1. The van der Waals surface area contributed by atoms with Crippen LogP contribution in [0.3, 0.4) is 0 Å². The number of aromatic nitrogens is 2. The molecule has 1 amide bonds. The largest absolute Gasteiger partial charge is 0.465 e. The van der Waals surface area contributed by atoms with Crippen molar-refractivity contribution in [2.45, 2.75) is 26.2 Å². The summed E-state index contributed by atoms with van der Waals surface area (Å²) in [5.41, 5.74) is 3.47. The average molecular weight is 447 g/mol. The molecule has 0 bridgehead atoms. The second kappa shape index (κ2) is 10.1. The predicted octanol–water partition coefficient (Wildman–Crippen LogP) is 3.11. The zero-order valence-electron chi connectivity index (χ0n) is 18.4. The summed E-state index contributed by atoms with van der Waals surface area (Å²) in [6.07, 6.45) is 2.49. The van der Waals surface area contributed by atoms with Crippen LogP contribution in [0.2, 0.25) is 0 Å². The second-order valence-corrected chi connectivity index (χ2v) is 7.57. The van der Waals surface area contributed by atoms with Gasteiger partial charge >= 0.3 is 11.9 Å². The molecule has 0 saturated carbocycles. The van der Waals surface area contributed by atoms with E-state index in [1.54, 1.807) is 41.9 Å². The summed E-state index contributed by atoms with van der Waals surface area (Å²) in [4.78, 5) is 39.0. The average Bonchev–Trinajstić information content (AvgIpc) is 3.45. The summed E-state index contributed by atoms with van der Waals surface area (Å²) in [6.45, 7) is 1.12. The standard InChI is InChI=1S/C25H25N3O5/c1-2-32-23(30)16-27(18-10-5-3-6-11-18)22(29)17-33-25(31)24-20-14-9-15-21(20)28(26-24)19-12-7-4-8-13-19/h3-8,10-13H,2,9,14-17H2,1H3. The summed E-state index contributed by atoms with van der Waals surface area (Å²) in [5, 5.41) is 4.50. The number of benzene rings is 2. The van der Waals surface area contributed by atoms with Gasteiger partial charge in [-0.05, 0) is 50.5 Å². The highest BCUT2D eigenvalue weighted by Crippen LogP contribution is 2.28. The molecule has 0 aliphatic heterocycles. The van der Waals surface area contributed by atoms with E-state index in [0.717, 1.165) is 36.2 Å². The van der Waals surface area contributed by atoms with Crippen LogP contribution in [-0.2, 0) is 31.9 Å². The van der Waals surface area contributed by atoms with Gasteiger partial charge in [0, 0.05) is 16.9 Å². The Morgan fingerprint density at radius 2 is 1.67 bits per heavy atom. The number of hydrogen-bond donors (Lipinski definition) is 0. The molecule has 1 aromatic heterocycles. The molecular weight excluding hydrogens is 422 g/mol. The van der Waals surface area contributed by atoms with Crippen molar-refractivity contribution in [1.29, 1.82) is 0 Å². The van der Waals surface area contributed by atoms with Crippen molar-refractivity contribution in [1.82, 2.24) is 9.78 Å². The third-order valence-corrected chi connectivity index (χ3v) is 5.41. The Hall–Kier alpha value is -3.94. The molecule has 1 aliphatic carbocycles. The number of hydrogen-bond acceptors (Lipinski definition) is 6. The van der Waals surface area contributed by atoms with Crippen LogP contribution in [0.25, 0.3) is 5.69 Å². The molecule has 0 atom stereocenters. The maximum absolute atomic E-state index is 12.9. The minimum absolute atomic E-state index is 0.208. The Balaban J connectivity index is 1.50. The number of nitrogens with zero attached hydrogens (tertiary/aromatic N) is 3. The number of esters is 2. The molecule has 8 heteroatoms. The first kappa shape index (κ1) is 22.3. The molecule has 0 radical (unpaired) electrons. The van der Waals surface area contributed by atoms with E-state index < -0.39 is 24.5 Å². The van der Waals surface area contributed by atoms with E-state index >= 15 is 0 Å². The van der Waals surface area contributed by atoms with Gasteiger partial charge in [-0.3, -0.25) is 14.5 Å². The normalized spacial score (nSPS) is 12.2. The van der Waals surface area contributed by atoms with Gasteiger partial charge in [0.2, 0.25) is 0 Å². The van der Waals surface area contributed by atoms with Crippen molar-refractivity contribution in [2.24, 2.45) is 0 Å². The Morgan fingerprint density at radius 1 is 0.970 bits per heavy atom. The molecule has 0 fully saturated rings. The zero-order valence-corrected chi connectivity index (χ0v) is 18.4. The van der Waals surface area contributed by atoms with E-state index in [4.69, 9.17) is 9.47 Å². The third kappa shape index (κ3) is 4.95. The fourth-order valence-corrected chi connectivity index (χ4v) is 3.92. The van der Waals surface area contributed by atoms with Crippen LogP contribution in [0, 0.1) is 0 Å². The summed E-state index contributed by atoms with van der Waals surface area (Å²) in [7, 11) is 0. The van der Waals surface area contributed by atoms with Crippen molar-refractivity contribution in [3.05, 3.63) is 77.6 Å². The number of ether oxygens (including phenoxy) is 2. The zero-order chi connectivity index (χ0) is 23.2. The van der Waals surface area contributed by atoms with E-state index in [9.17, 15) is 14.4 Å². The molecule has 0 N–H and O–H groups in total. The fraction of sp³-hybridized carbons (Fsp3) is 0.280. The van der Waals surface area contributed by atoms with E-state index in [-0.39, 0.29) is 18.8 Å². The van der Waals surface area contributed by atoms with Crippen LogP contribution in [0.4, 0.5) is 5.69 Å². The lowest BCUT2D eigenvalue weighted by Gasteiger charge is -2.21. The maximum Gasteiger partial charge on any atom is 0.359 e. The van der Waals surface area contributed by atoms with E-state index in [2.05, 4.69) is 5.10 Å². The lowest BCUT2D eigenvalue weighted by Crippen LogP contribution is -2.39. The van der Waals surface area contributed by atoms with Crippen LogP contribution < -0.4 is 4.90 Å². The first-order valence-corrected chi connectivity index (χ1v) is 10.9. The Morgan fingerprint density at radius 3 is 2.36 bits per heavy atom. The summed E-state index contributed by atoms with van der Waals surface area (Å²) in [6, 6.07) is 18.3. The molecule has 4 rings (SSSR count). The number of anilines is 1. The maximum atomic E-state index is 12.9. The van der Waals surface area contributed by atoms with Gasteiger partial charge in [0.05, 0.1) is 12.3 Å². The first-order valence-electron chi connectivity index (χ1n) is 10.9. The number of rotatable bonds is 8. The molecule has 1 aliphatic rings. The monoisotopic (exact) mass is 447 g/mol. The summed E-state index contributed by atoms with van der Waals surface area (Å²) >= 11 is 0. The van der Waals surface area contributed by atoms with E-state index in [1.807, 2.05) is 30.3 Å².